The lowest BCUT2D eigenvalue weighted by Gasteiger charge is -2.33. The lowest BCUT2D eigenvalue weighted by Crippen LogP contribution is -2.40. The molecule has 10 nitrogen and oxygen atoms in total. The van der Waals surface area contributed by atoms with Gasteiger partial charge in [0.25, 0.3) is 5.91 Å². The molecular formula is C28H34F3N7O3S. The molecule has 1 saturated carbocycles. The molecule has 1 unspecified atom stereocenters. The highest BCUT2D eigenvalue weighted by molar-refractivity contribution is 8.13. The van der Waals surface area contributed by atoms with Gasteiger partial charge in [0.2, 0.25) is 5.88 Å². The van der Waals surface area contributed by atoms with Crippen molar-refractivity contribution in [3.05, 3.63) is 55.0 Å². The van der Waals surface area contributed by atoms with E-state index < -0.39 is 11.6 Å². The van der Waals surface area contributed by atoms with Crippen LogP contribution >= 0.6 is 11.9 Å². The highest BCUT2D eigenvalue weighted by atomic mass is 32.2. The van der Waals surface area contributed by atoms with Crippen LogP contribution in [0, 0.1) is 5.41 Å². The summed E-state index contributed by atoms with van der Waals surface area (Å²) in [5.74, 6) is 1.13. The number of rotatable bonds is 6. The van der Waals surface area contributed by atoms with E-state index in [0.717, 1.165) is 11.9 Å². The second kappa shape index (κ2) is 11.6. The van der Waals surface area contributed by atoms with Crippen LogP contribution in [0.15, 0.2) is 54.4 Å². The molecule has 5 rings (SSSR count). The number of hydrogen-bond acceptors (Lipinski definition) is 9. The first-order valence-electron chi connectivity index (χ1n) is 13.7. The number of nitrogens with zero attached hydrogens (tertiary/aromatic N) is 5. The maximum absolute atomic E-state index is 13.4. The van der Waals surface area contributed by atoms with Gasteiger partial charge < -0.3 is 19.7 Å². The molecule has 1 atom stereocenters. The highest BCUT2D eigenvalue weighted by Gasteiger charge is 2.62. The number of amides is 1. The summed E-state index contributed by atoms with van der Waals surface area (Å²) in [6.45, 7) is 13.2. The molecule has 4 heterocycles. The number of aliphatic imine (C=N–C) groups is 1. The molecule has 2 aromatic heterocycles. The van der Waals surface area contributed by atoms with E-state index in [2.05, 4.69) is 52.0 Å². The molecule has 1 amide bonds. The van der Waals surface area contributed by atoms with E-state index in [4.69, 9.17) is 14.5 Å². The molecule has 2 fully saturated rings. The number of ether oxygens (including phenoxy) is 2. The van der Waals surface area contributed by atoms with E-state index >= 15 is 0 Å². The fourth-order valence-electron chi connectivity index (χ4n) is 5.16. The van der Waals surface area contributed by atoms with E-state index in [9.17, 15) is 18.0 Å². The van der Waals surface area contributed by atoms with E-state index in [1.807, 2.05) is 0 Å². The van der Waals surface area contributed by atoms with Crippen molar-refractivity contribution in [3.63, 3.8) is 0 Å². The number of alkyl halides is 3. The summed E-state index contributed by atoms with van der Waals surface area (Å²) in [7, 11) is 0. The number of aromatic nitrogens is 3. The van der Waals surface area contributed by atoms with E-state index in [1.54, 1.807) is 24.4 Å². The molecule has 0 radical (unpaired) electrons. The quantitative estimate of drug-likeness (QED) is 0.453. The Balaban J connectivity index is 1.40. The molecule has 0 aromatic carbocycles. The Kier molecular flexibility index (Phi) is 8.30. The van der Waals surface area contributed by atoms with Crippen molar-refractivity contribution >= 4 is 28.7 Å². The Hall–Kier alpha value is -3.52. The first kappa shape index (κ1) is 30.0. The molecule has 2 aliphatic heterocycles. The predicted octanol–water partition coefficient (Wildman–Crippen LogP) is 4.79. The van der Waals surface area contributed by atoms with Gasteiger partial charge in [0, 0.05) is 42.8 Å². The van der Waals surface area contributed by atoms with Gasteiger partial charge in [0.1, 0.15) is 16.7 Å². The monoisotopic (exact) mass is 605 g/mol. The number of hydrogen-bond donors (Lipinski definition) is 2. The normalized spacial score (nSPS) is 23.4. The van der Waals surface area contributed by atoms with Crippen LogP contribution in [0.2, 0.25) is 0 Å². The van der Waals surface area contributed by atoms with Crippen molar-refractivity contribution in [1.82, 2.24) is 24.8 Å². The zero-order valence-corrected chi connectivity index (χ0v) is 24.4. The first-order chi connectivity index (χ1) is 19.9. The number of halogens is 3. The zero-order valence-electron chi connectivity index (χ0n) is 23.5. The molecule has 2 bridgehead atoms. The van der Waals surface area contributed by atoms with Crippen molar-refractivity contribution in [2.75, 3.05) is 31.2 Å². The van der Waals surface area contributed by atoms with Gasteiger partial charge in [-0.25, -0.2) is 14.7 Å². The minimum absolute atomic E-state index is 0.0891. The van der Waals surface area contributed by atoms with Crippen molar-refractivity contribution in [1.29, 1.82) is 0 Å². The summed E-state index contributed by atoms with van der Waals surface area (Å²) in [6, 6.07) is 4.90. The third kappa shape index (κ3) is 6.43. The van der Waals surface area contributed by atoms with Gasteiger partial charge in [-0.2, -0.15) is 13.2 Å². The highest BCUT2D eigenvalue weighted by Crippen LogP contribution is 2.59. The van der Waals surface area contributed by atoms with Gasteiger partial charge in [-0.15, -0.1) is 5.10 Å². The largest absolute Gasteiger partial charge is 0.477 e. The molecule has 1 aliphatic carbocycles. The molecule has 42 heavy (non-hydrogen) atoms. The second-order valence-electron chi connectivity index (χ2n) is 11.2. The van der Waals surface area contributed by atoms with Crippen LogP contribution in [0.4, 0.5) is 19.0 Å². The lowest BCUT2D eigenvalue weighted by molar-refractivity contribution is -0.190. The number of fused-ring (bicyclic) bond motifs is 4. The van der Waals surface area contributed by atoms with Crippen LogP contribution in [0.3, 0.4) is 0 Å². The molecule has 0 spiro atoms. The average Bonchev–Trinajstić information content (AvgIpc) is 3.49. The molecule has 2 N–H and O–H groups in total. The summed E-state index contributed by atoms with van der Waals surface area (Å²) in [5, 5.41) is 7.93. The van der Waals surface area contributed by atoms with E-state index in [-0.39, 0.29) is 49.3 Å². The van der Waals surface area contributed by atoms with Gasteiger partial charge in [-0.05, 0) is 57.7 Å². The Bertz CT molecular complexity index is 1390. The van der Waals surface area contributed by atoms with Crippen LogP contribution in [0.25, 0.3) is 5.82 Å². The second-order valence-corrected chi connectivity index (χ2v) is 12.0. The minimum Gasteiger partial charge on any atom is -0.477 e. The smallest absolute Gasteiger partial charge is 0.394 e. The maximum atomic E-state index is 13.4. The Morgan fingerprint density at radius 1 is 1.29 bits per heavy atom. The topological polar surface area (TPSA) is 106 Å². The van der Waals surface area contributed by atoms with Gasteiger partial charge in [-0.3, -0.25) is 9.52 Å². The first-order valence-corrected chi connectivity index (χ1v) is 14.5. The minimum atomic E-state index is -4.22. The van der Waals surface area contributed by atoms with E-state index in [0.29, 0.717) is 54.2 Å². The molecule has 14 heteroatoms. The maximum Gasteiger partial charge on any atom is 0.394 e. The number of anilines is 1. The van der Waals surface area contributed by atoms with Crippen molar-refractivity contribution in [3.8, 4) is 11.7 Å². The Morgan fingerprint density at radius 2 is 2.07 bits per heavy atom. The standard InChI is InChI=1S/C28H34F3N7O3S/c1-5-23-33-18(2)32-12-15-40-19-16-26(3,4)37(17-19)24-20(25(39)36-42-23)6-7-21(34-24)38-13-8-22(35-38)41-14-11-27(9-10-27)28(29,30)31/h5-8,13,19,32H,1-2,9-12,14-17H2,3-4H3,(H,36,39)/b33-23+. The van der Waals surface area contributed by atoms with Crippen molar-refractivity contribution in [2.45, 2.75) is 57.3 Å². The Labute approximate surface area is 246 Å². The summed E-state index contributed by atoms with van der Waals surface area (Å²) in [5.41, 5.74) is -1.66. The summed E-state index contributed by atoms with van der Waals surface area (Å²) in [4.78, 5) is 24.7. The third-order valence-corrected chi connectivity index (χ3v) is 8.50. The van der Waals surface area contributed by atoms with Crippen LogP contribution in [-0.4, -0.2) is 69.8 Å². The van der Waals surface area contributed by atoms with E-state index in [1.165, 1.54) is 10.8 Å². The zero-order chi connectivity index (χ0) is 30.1. The van der Waals surface area contributed by atoms with Crippen molar-refractivity contribution in [2.24, 2.45) is 10.4 Å². The number of carbonyl (C=O) groups excluding carboxylic acids is 1. The van der Waals surface area contributed by atoms with Crippen LogP contribution < -0.4 is 19.7 Å². The fraction of sp³-hybridized carbons (Fsp3) is 0.500. The van der Waals surface area contributed by atoms with Crippen molar-refractivity contribution < 1.29 is 27.4 Å². The van der Waals surface area contributed by atoms with Crippen LogP contribution in [0.1, 0.15) is 49.9 Å². The molecule has 2 aromatic rings. The molecule has 1 saturated heterocycles. The number of carbonyl (C=O) groups is 1. The fourth-order valence-corrected chi connectivity index (χ4v) is 5.71. The van der Waals surface area contributed by atoms with Crippen LogP contribution in [0.5, 0.6) is 5.88 Å². The Morgan fingerprint density at radius 3 is 2.79 bits per heavy atom. The molecule has 3 aliphatic rings. The third-order valence-electron chi connectivity index (χ3n) is 7.74. The SMILES string of the molecule is C=C/C1=N\C(=C)NCCOC2CN(c3nc(-n4ccc(OCCC5(C(F)(F)F)CC5)n4)ccc3C(=O)NS1)C(C)(C)C2. The summed E-state index contributed by atoms with van der Waals surface area (Å²) >= 11 is 1.02. The number of pyridine rings is 1. The molecule has 226 valence electrons. The lowest BCUT2D eigenvalue weighted by atomic mass is 10.0. The summed E-state index contributed by atoms with van der Waals surface area (Å²) < 4.78 is 55.7. The van der Waals surface area contributed by atoms with Gasteiger partial charge >= 0.3 is 6.18 Å². The van der Waals surface area contributed by atoms with Gasteiger partial charge in [-0.1, -0.05) is 13.2 Å². The average molecular weight is 606 g/mol. The number of nitrogens with one attached hydrogen (secondary N) is 2. The predicted molar refractivity (Wildman–Crippen MR) is 155 cm³/mol. The summed E-state index contributed by atoms with van der Waals surface area (Å²) in [6.07, 6.45) is -0.308. The van der Waals surface area contributed by atoms with Crippen LogP contribution in [-0.2, 0) is 4.74 Å². The molecular weight excluding hydrogens is 571 g/mol. The van der Waals surface area contributed by atoms with Gasteiger partial charge in [0.15, 0.2) is 5.82 Å². The van der Waals surface area contributed by atoms with Gasteiger partial charge in [0.05, 0.1) is 30.3 Å².